The minimum absolute atomic E-state index is 0.0333. The van der Waals surface area contributed by atoms with Crippen LogP contribution in [0.3, 0.4) is 0 Å². The molecule has 1 unspecified atom stereocenters. The number of aromatic amines is 1. The Morgan fingerprint density at radius 2 is 1.83 bits per heavy atom. The second-order valence-electron chi connectivity index (χ2n) is 8.54. The molecule has 3 aromatic carbocycles. The van der Waals surface area contributed by atoms with Gasteiger partial charge < -0.3 is 24.8 Å². The maximum Gasteiger partial charge on any atom is 0.295 e. The Kier molecular flexibility index (Phi) is 6.16. The van der Waals surface area contributed by atoms with E-state index in [-0.39, 0.29) is 29.4 Å². The zero-order chi connectivity index (χ0) is 25.4. The predicted molar refractivity (Wildman–Crippen MR) is 137 cm³/mol. The zero-order valence-electron chi connectivity index (χ0n) is 19.4. The molecule has 1 fully saturated rings. The van der Waals surface area contributed by atoms with Crippen molar-refractivity contribution in [3.8, 4) is 11.5 Å². The standard InChI is InChI=1S/C28H23ClN2O5/c1-36-23-14-17(8-11-22(23)32)25-24(26(33)16-6-9-19(29)10-7-16)27(34)28(35)31(25)13-12-18-15-30-21-5-3-2-4-20(18)21/h2-11,14-15,25,30,32-33H,12-13H2,1H3/b26-24+. The SMILES string of the molecule is COc1cc(C2/C(=C(\O)c3ccc(Cl)cc3)C(=O)C(=O)N2CCc2c[nH]c3ccccc23)ccc1O. The first kappa shape index (κ1) is 23.5. The number of halogens is 1. The number of aliphatic hydroxyl groups is 1. The molecule has 0 bridgehead atoms. The number of aromatic nitrogens is 1. The van der Waals surface area contributed by atoms with Gasteiger partial charge in [0.1, 0.15) is 5.76 Å². The van der Waals surface area contributed by atoms with Gasteiger partial charge in [0, 0.05) is 34.2 Å². The van der Waals surface area contributed by atoms with E-state index < -0.39 is 17.7 Å². The van der Waals surface area contributed by atoms with E-state index in [0.29, 0.717) is 22.6 Å². The summed E-state index contributed by atoms with van der Waals surface area (Å²) in [5.41, 5.74) is 2.85. The number of methoxy groups -OCH3 is 1. The number of likely N-dealkylation sites (tertiary alicyclic amines) is 1. The molecular formula is C28H23ClN2O5. The number of hydrogen-bond acceptors (Lipinski definition) is 5. The lowest BCUT2D eigenvalue weighted by atomic mass is 9.95. The molecule has 1 atom stereocenters. The molecule has 36 heavy (non-hydrogen) atoms. The number of aromatic hydroxyl groups is 1. The normalized spacial score (nSPS) is 17.2. The number of carbonyl (C=O) groups is 2. The number of Topliss-reactive ketones (excluding diaryl/α,β-unsaturated/α-hetero) is 1. The number of fused-ring (bicyclic) bond motifs is 1. The van der Waals surface area contributed by atoms with E-state index in [0.717, 1.165) is 16.5 Å². The van der Waals surface area contributed by atoms with E-state index in [1.165, 1.54) is 18.1 Å². The van der Waals surface area contributed by atoms with Gasteiger partial charge in [0.15, 0.2) is 11.5 Å². The highest BCUT2D eigenvalue weighted by Gasteiger charge is 2.46. The lowest BCUT2D eigenvalue weighted by molar-refractivity contribution is -0.139. The summed E-state index contributed by atoms with van der Waals surface area (Å²) in [4.78, 5) is 31.2. The van der Waals surface area contributed by atoms with Crippen LogP contribution in [-0.2, 0) is 16.0 Å². The molecule has 1 aliphatic rings. The number of aliphatic hydroxyl groups excluding tert-OH is 1. The van der Waals surface area contributed by atoms with Gasteiger partial charge in [0.05, 0.1) is 18.7 Å². The number of amides is 1. The first-order valence-corrected chi connectivity index (χ1v) is 11.7. The van der Waals surface area contributed by atoms with Gasteiger partial charge in [0.2, 0.25) is 0 Å². The highest BCUT2D eigenvalue weighted by Crippen LogP contribution is 2.42. The van der Waals surface area contributed by atoms with Crippen LogP contribution in [0, 0.1) is 0 Å². The number of carbonyl (C=O) groups excluding carboxylic acids is 2. The molecule has 7 nitrogen and oxygen atoms in total. The van der Waals surface area contributed by atoms with Crippen LogP contribution in [0.4, 0.5) is 0 Å². The fourth-order valence-corrected chi connectivity index (χ4v) is 4.79. The quantitative estimate of drug-likeness (QED) is 0.191. The summed E-state index contributed by atoms with van der Waals surface area (Å²) >= 11 is 5.99. The number of benzene rings is 3. The maximum absolute atomic E-state index is 13.3. The van der Waals surface area contributed by atoms with Crippen molar-refractivity contribution in [1.82, 2.24) is 9.88 Å². The van der Waals surface area contributed by atoms with Gasteiger partial charge in [-0.1, -0.05) is 35.9 Å². The van der Waals surface area contributed by atoms with Crippen molar-refractivity contribution in [3.05, 3.63) is 100 Å². The zero-order valence-corrected chi connectivity index (χ0v) is 20.1. The lowest BCUT2D eigenvalue weighted by Crippen LogP contribution is -2.31. The van der Waals surface area contributed by atoms with Crippen LogP contribution in [0.15, 0.2) is 78.5 Å². The summed E-state index contributed by atoms with van der Waals surface area (Å²) in [7, 11) is 1.42. The second-order valence-corrected chi connectivity index (χ2v) is 8.98. The van der Waals surface area contributed by atoms with Gasteiger partial charge in [-0.15, -0.1) is 0 Å². The lowest BCUT2D eigenvalue weighted by Gasteiger charge is -2.25. The number of rotatable bonds is 6. The first-order valence-electron chi connectivity index (χ1n) is 11.3. The Labute approximate surface area is 212 Å². The number of ether oxygens (including phenoxy) is 1. The molecule has 182 valence electrons. The Bertz CT molecular complexity index is 1510. The number of phenols is 1. The summed E-state index contributed by atoms with van der Waals surface area (Å²) in [6, 6.07) is 18.0. The van der Waals surface area contributed by atoms with Crippen molar-refractivity contribution in [1.29, 1.82) is 0 Å². The maximum atomic E-state index is 13.3. The summed E-state index contributed by atoms with van der Waals surface area (Å²) in [6.07, 6.45) is 2.39. The van der Waals surface area contributed by atoms with Crippen molar-refractivity contribution < 1.29 is 24.5 Å². The molecular weight excluding hydrogens is 480 g/mol. The Balaban J connectivity index is 1.59. The van der Waals surface area contributed by atoms with Gasteiger partial charge in [-0.25, -0.2) is 0 Å². The number of hydrogen-bond donors (Lipinski definition) is 3. The number of ketones is 1. The molecule has 5 rings (SSSR count). The molecule has 0 spiro atoms. The van der Waals surface area contributed by atoms with Crippen LogP contribution >= 0.6 is 11.6 Å². The number of phenolic OH excluding ortho intramolecular Hbond substituents is 1. The summed E-state index contributed by atoms with van der Waals surface area (Å²) < 4.78 is 5.26. The molecule has 3 N–H and O–H groups in total. The molecule has 1 amide bonds. The van der Waals surface area contributed by atoms with Crippen molar-refractivity contribution in [2.45, 2.75) is 12.5 Å². The fourth-order valence-electron chi connectivity index (χ4n) is 4.66. The van der Waals surface area contributed by atoms with Gasteiger partial charge in [0.25, 0.3) is 11.7 Å². The molecule has 1 saturated heterocycles. The third kappa shape index (κ3) is 4.07. The Hall–Kier alpha value is -4.23. The minimum Gasteiger partial charge on any atom is -0.507 e. The molecule has 0 aliphatic carbocycles. The van der Waals surface area contributed by atoms with Gasteiger partial charge in [-0.05, 0) is 60.0 Å². The van der Waals surface area contributed by atoms with Crippen molar-refractivity contribution in [2.75, 3.05) is 13.7 Å². The number of H-pyrrole nitrogens is 1. The van der Waals surface area contributed by atoms with Crippen molar-refractivity contribution in [3.63, 3.8) is 0 Å². The molecule has 2 heterocycles. The number of para-hydroxylation sites is 1. The highest BCUT2D eigenvalue weighted by atomic mass is 35.5. The summed E-state index contributed by atoms with van der Waals surface area (Å²) in [6.45, 7) is 0.234. The van der Waals surface area contributed by atoms with E-state index >= 15 is 0 Å². The molecule has 1 aromatic heterocycles. The average molecular weight is 503 g/mol. The van der Waals surface area contributed by atoms with Gasteiger partial charge in [-0.3, -0.25) is 9.59 Å². The van der Waals surface area contributed by atoms with E-state index in [4.69, 9.17) is 16.3 Å². The highest BCUT2D eigenvalue weighted by molar-refractivity contribution is 6.46. The second kappa shape index (κ2) is 9.43. The Morgan fingerprint density at radius 3 is 2.58 bits per heavy atom. The first-order chi connectivity index (χ1) is 17.4. The van der Waals surface area contributed by atoms with Crippen LogP contribution in [0.5, 0.6) is 11.5 Å². The molecule has 4 aromatic rings. The molecule has 8 heteroatoms. The summed E-state index contributed by atoms with van der Waals surface area (Å²) in [5.74, 6) is -1.66. The smallest absolute Gasteiger partial charge is 0.295 e. The topological polar surface area (TPSA) is 103 Å². The third-order valence-corrected chi connectivity index (χ3v) is 6.73. The summed E-state index contributed by atoms with van der Waals surface area (Å²) in [5, 5.41) is 22.8. The molecule has 1 aliphatic heterocycles. The molecule has 0 radical (unpaired) electrons. The van der Waals surface area contributed by atoms with Gasteiger partial charge in [-0.2, -0.15) is 0 Å². The van der Waals surface area contributed by atoms with E-state index in [2.05, 4.69) is 4.98 Å². The largest absolute Gasteiger partial charge is 0.507 e. The van der Waals surface area contributed by atoms with E-state index in [9.17, 15) is 19.8 Å². The predicted octanol–water partition coefficient (Wildman–Crippen LogP) is 5.20. The Morgan fingerprint density at radius 1 is 1.08 bits per heavy atom. The fraction of sp³-hybridized carbons (Fsp3) is 0.143. The minimum atomic E-state index is -0.875. The van der Waals surface area contributed by atoms with E-state index in [1.807, 2.05) is 30.5 Å². The number of nitrogens with zero attached hydrogens (tertiary/aromatic N) is 1. The van der Waals surface area contributed by atoms with Crippen LogP contribution < -0.4 is 4.74 Å². The van der Waals surface area contributed by atoms with E-state index in [1.54, 1.807) is 36.4 Å². The monoisotopic (exact) mass is 502 g/mol. The van der Waals surface area contributed by atoms with Gasteiger partial charge >= 0.3 is 0 Å². The van der Waals surface area contributed by atoms with Crippen LogP contribution in [0.2, 0.25) is 5.02 Å². The third-order valence-electron chi connectivity index (χ3n) is 6.47. The molecule has 0 saturated carbocycles. The van der Waals surface area contributed by atoms with Crippen LogP contribution in [-0.4, -0.2) is 45.4 Å². The van der Waals surface area contributed by atoms with Crippen LogP contribution in [0.25, 0.3) is 16.7 Å². The van der Waals surface area contributed by atoms with Crippen molar-refractivity contribution >= 4 is 40.0 Å². The number of nitrogens with one attached hydrogen (secondary N) is 1. The van der Waals surface area contributed by atoms with Crippen molar-refractivity contribution in [2.24, 2.45) is 0 Å². The van der Waals surface area contributed by atoms with Crippen LogP contribution in [0.1, 0.15) is 22.7 Å². The average Bonchev–Trinajstić information content (AvgIpc) is 3.41.